The molecule has 1 aromatic heterocycles. The SMILES string of the molecule is C[P+](=O)OC[C@@]12CC[C@@H]([C@H](n3ccc(N)nc3=O)O1)[C@@H]2O. The molecule has 0 radical (unpaired) electrons. The summed E-state index contributed by atoms with van der Waals surface area (Å²) in [6.45, 7) is 1.50. The fourth-order valence-electron chi connectivity index (χ4n) is 3.14. The molecule has 2 fully saturated rings. The highest BCUT2D eigenvalue weighted by molar-refractivity contribution is 7.38. The maximum Gasteiger partial charge on any atom is 0.504 e. The summed E-state index contributed by atoms with van der Waals surface area (Å²) in [5, 5.41) is 10.4. The lowest BCUT2D eigenvalue weighted by atomic mass is 10.0. The van der Waals surface area contributed by atoms with Crippen LogP contribution in [0.5, 0.6) is 0 Å². The lowest BCUT2D eigenvalue weighted by Gasteiger charge is -2.29. The molecule has 3 rings (SSSR count). The molecule has 0 amide bonds. The molecule has 114 valence electrons. The Morgan fingerprint density at radius 1 is 1.71 bits per heavy atom. The first-order valence-corrected chi connectivity index (χ1v) is 8.30. The lowest BCUT2D eigenvalue weighted by molar-refractivity contribution is -0.135. The first-order valence-electron chi connectivity index (χ1n) is 6.67. The standard InChI is InChI=1S/C12H16N3O5P/c1-21(18)19-6-12-4-2-7(9(12)16)10(20-12)15-5-3-8(13)14-11(15)17/h3,5,7,9-10,16H,2,4,6H2,1H3,(H-,13,14,17)/p+1/t7-,9+,10-,12-/m1/s1. The zero-order valence-electron chi connectivity index (χ0n) is 11.5. The summed E-state index contributed by atoms with van der Waals surface area (Å²) in [4.78, 5) is 15.6. The molecule has 2 heterocycles. The molecular weight excluding hydrogens is 297 g/mol. The van der Waals surface area contributed by atoms with Gasteiger partial charge in [0.15, 0.2) is 6.66 Å². The van der Waals surface area contributed by atoms with E-state index < -0.39 is 31.7 Å². The van der Waals surface area contributed by atoms with Crippen LogP contribution in [0.4, 0.5) is 5.82 Å². The number of aliphatic hydroxyl groups excluding tert-OH is 1. The van der Waals surface area contributed by atoms with Crippen molar-refractivity contribution in [1.82, 2.24) is 9.55 Å². The smallest absolute Gasteiger partial charge is 0.390 e. The van der Waals surface area contributed by atoms with Gasteiger partial charge in [0, 0.05) is 12.1 Å². The molecule has 0 spiro atoms. The molecule has 8 nitrogen and oxygen atoms in total. The zero-order valence-corrected chi connectivity index (χ0v) is 12.4. The van der Waals surface area contributed by atoms with Crippen LogP contribution in [-0.4, -0.2) is 39.6 Å². The van der Waals surface area contributed by atoms with Crippen LogP contribution >= 0.6 is 8.03 Å². The molecule has 2 aliphatic rings. The van der Waals surface area contributed by atoms with E-state index in [1.165, 1.54) is 23.5 Å². The maximum atomic E-state index is 11.9. The largest absolute Gasteiger partial charge is 0.504 e. The van der Waals surface area contributed by atoms with Gasteiger partial charge in [-0.15, -0.1) is 4.52 Å². The Bertz CT molecular complexity index is 636. The average Bonchev–Trinajstić information content (AvgIpc) is 2.87. The van der Waals surface area contributed by atoms with Gasteiger partial charge in [-0.1, -0.05) is 0 Å². The van der Waals surface area contributed by atoms with Crippen molar-refractivity contribution in [2.75, 3.05) is 19.0 Å². The van der Waals surface area contributed by atoms with Gasteiger partial charge in [0.2, 0.25) is 0 Å². The van der Waals surface area contributed by atoms with Gasteiger partial charge >= 0.3 is 13.7 Å². The molecule has 1 aromatic rings. The molecule has 21 heavy (non-hydrogen) atoms. The van der Waals surface area contributed by atoms with Crippen LogP contribution in [0.15, 0.2) is 17.1 Å². The lowest BCUT2D eigenvalue weighted by Crippen LogP contribution is -2.41. The second-order valence-corrected chi connectivity index (χ2v) is 6.61. The Kier molecular flexibility index (Phi) is 3.57. The Balaban J connectivity index is 1.87. The van der Waals surface area contributed by atoms with E-state index in [0.717, 1.165) is 0 Å². The van der Waals surface area contributed by atoms with Crippen molar-refractivity contribution in [2.24, 2.45) is 5.92 Å². The van der Waals surface area contributed by atoms with Crippen molar-refractivity contribution in [2.45, 2.75) is 30.8 Å². The summed E-state index contributed by atoms with van der Waals surface area (Å²) in [6.07, 6.45) is 1.45. The van der Waals surface area contributed by atoms with Gasteiger partial charge in [-0.05, 0) is 23.5 Å². The number of nitrogens with two attached hydrogens (primary N) is 1. The van der Waals surface area contributed by atoms with Crippen LogP contribution in [0.1, 0.15) is 19.1 Å². The number of fused-ring (bicyclic) bond motifs is 2. The highest BCUT2D eigenvalue weighted by atomic mass is 31.1. The second kappa shape index (κ2) is 5.14. The molecule has 2 bridgehead atoms. The van der Waals surface area contributed by atoms with Crippen molar-refractivity contribution < 1.29 is 18.9 Å². The summed E-state index contributed by atoms with van der Waals surface area (Å²) in [5.41, 5.74) is 4.05. The molecule has 1 aliphatic carbocycles. The number of aliphatic hydroxyl groups is 1. The average molecular weight is 314 g/mol. The molecule has 5 atom stereocenters. The van der Waals surface area contributed by atoms with Gasteiger partial charge in [0.05, 0.1) is 6.10 Å². The number of nitrogen functional groups attached to an aromatic ring is 1. The molecule has 0 aromatic carbocycles. The van der Waals surface area contributed by atoms with E-state index in [9.17, 15) is 14.5 Å². The first-order chi connectivity index (χ1) is 9.93. The van der Waals surface area contributed by atoms with Gasteiger partial charge in [0.25, 0.3) is 0 Å². The van der Waals surface area contributed by atoms with E-state index in [1.54, 1.807) is 0 Å². The molecule has 9 heteroatoms. The third kappa shape index (κ3) is 2.38. The Morgan fingerprint density at radius 2 is 2.48 bits per heavy atom. The van der Waals surface area contributed by atoms with Crippen LogP contribution in [-0.2, 0) is 13.8 Å². The van der Waals surface area contributed by atoms with Crippen molar-refractivity contribution in [3.63, 3.8) is 0 Å². The minimum absolute atomic E-state index is 0.0457. The minimum Gasteiger partial charge on any atom is -0.390 e. The first kappa shape index (κ1) is 14.6. The molecule has 3 N–H and O–H groups in total. The van der Waals surface area contributed by atoms with Gasteiger partial charge in [-0.25, -0.2) is 4.79 Å². The normalized spacial score (nSPS) is 35.1. The van der Waals surface area contributed by atoms with Crippen molar-refractivity contribution in [3.05, 3.63) is 22.7 Å². The monoisotopic (exact) mass is 314 g/mol. The summed E-state index contributed by atoms with van der Waals surface area (Å²) >= 11 is 0. The fourth-order valence-corrected chi connectivity index (χ4v) is 3.54. The predicted octanol–water partition coefficient (Wildman–Crippen LogP) is 0.253. The Labute approximate surface area is 121 Å². The van der Waals surface area contributed by atoms with Crippen LogP contribution in [0.3, 0.4) is 0 Å². The fraction of sp³-hybridized carbons (Fsp3) is 0.667. The van der Waals surface area contributed by atoms with Gasteiger partial charge in [-0.3, -0.25) is 4.57 Å². The minimum atomic E-state index is -1.77. The molecule has 1 saturated heterocycles. The van der Waals surface area contributed by atoms with E-state index in [4.69, 9.17) is 15.0 Å². The summed E-state index contributed by atoms with van der Waals surface area (Å²) in [7, 11) is -1.77. The Hall–Kier alpha value is -1.34. The second-order valence-electron chi connectivity index (χ2n) is 5.48. The van der Waals surface area contributed by atoms with E-state index in [1.807, 2.05) is 0 Å². The topological polar surface area (TPSA) is 117 Å². The highest BCUT2D eigenvalue weighted by Crippen LogP contribution is 2.52. The molecule has 1 aliphatic heterocycles. The van der Waals surface area contributed by atoms with Gasteiger partial charge in [-0.2, -0.15) is 4.98 Å². The highest BCUT2D eigenvalue weighted by Gasteiger charge is 2.61. The number of nitrogens with zero attached hydrogens (tertiary/aromatic N) is 2. The number of aromatic nitrogens is 2. The maximum absolute atomic E-state index is 11.9. The number of rotatable bonds is 4. The van der Waals surface area contributed by atoms with Crippen LogP contribution in [0.2, 0.25) is 0 Å². The number of hydrogen-bond donors (Lipinski definition) is 2. The Morgan fingerprint density at radius 3 is 3.14 bits per heavy atom. The van der Waals surface area contributed by atoms with E-state index >= 15 is 0 Å². The summed E-state index contributed by atoms with van der Waals surface area (Å²) in [6, 6.07) is 1.51. The quantitative estimate of drug-likeness (QED) is 0.765. The molecular formula is C12H17N3O5P+. The van der Waals surface area contributed by atoms with Crippen molar-refractivity contribution in [1.29, 1.82) is 0 Å². The molecule has 1 unspecified atom stereocenters. The van der Waals surface area contributed by atoms with Crippen molar-refractivity contribution >= 4 is 13.8 Å². The number of hydrogen-bond acceptors (Lipinski definition) is 7. The zero-order chi connectivity index (χ0) is 15.2. The number of ether oxygens (including phenoxy) is 1. The van der Waals surface area contributed by atoms with Crippen LogP contribution < -0.4 is 11.4 Å². The van der Waals surface area contributed by atoms with Gasteiger partial charge < -0.3 is 15.6 Å². The van der Waals surface area contributed by atoms with Crippen molar-refractivity contribution in [3.8, 4) is 0 Å². The van der Waals surface area contributed by atoms with E-state index in [-0.39, 0.29) is 18.3 Å². The van der Waals surface area contributed by atoms with Crippen LogP contribution in [0.25, 0.3) is 0 Å². The third-order valence-electron chi connectivity index (χ3n) is 4.18. The predicted molar refractivity (Wildman–Crippen MR) is 74.0 cm³/mol. The van der Waals surface area contributed by atoms with E-state index in [0.29, 0.717) is 12.8 Å². The summed E-state index contributed by atoms with van der Waals surface area (Å²) in [5.74, 6) is -0.0764. The van der Waals surface area contributed by atoms with Crippen LogP contribution in [0, 0.1) is 5.92 Å². The molecule has 1 saturated carbocycles. The number of anilines is 1. The third-order valence-corrected chi connectivity index (χ3v) is 4.68. The van der Waals surface area contributed by atoms with E-state index in [2.05, 4.69) is 4.98 Å². The van der Waals surface area contributed by atoms with Gasteiger partial charge in [0.1, 0.15) is 24.3 Å². The summed E-state index contributed by atoms with van der Waals surface area (Å²) < 4.78 is 23.5.